The Labute approximate surface area is 111 Å². The summed E-state index contributed by atoms with van der Waals surface area (Å²) in [7, 11) is 0. The van der Waals surface area contributed by atoms with Crippen LogP contribution in [0.5, 0.6) is 0 Å². The lowest BCUT2D eigenvalue weighted by atomic mass is 9.94. The van der Waals surface area contributed by atoms with Crippen molar-refractivity contribution in [2.45, 2.75) is 58.6 Å². The largest absolute Gasteiger partial charge is 0.375 e. The molecule has 0 aliphatic carbocycles. The molecule has 0 aromatic rings. The van der Waals surface area contributed by atoms with Gasteiger partial charge in [0.25, 0.3) is 0 Å². The van der Waals surface area contributed by atoms with E-state index in [0.29, 0.717) is 18.5 Å². The molecule has 1 rings (SSSR count). The number of carbonyl (C=O) groups is 1. The molecule has 1 amide bonds. The van der Waals surface area contributed by atoms with Crippen LogP contribution in [0, 0.1) is 5.92 Å². The second-order valence-corrected chi connectivity index (χ2v) is 6.21. The van der Waals surface area contributed by atoms with E-state index in [0.717, 1.165) is 32.4 Å². The fourth-order valence-corrected chi connectivity index (χ4v) is 2.21. The van der Waals surface area contributed by atoms with Crippen molar-refractivity contribution in [2.75, 3.05) is 19.7 Å². The van der Waals surface area contributed by atoms with Gasteiger partial charge in [-0.15, -0.1) is 0 Å². The van der Waals surface area contributed by atoms with Crippen LogP contribution in [0.3, 0.4) is 0 Å². The minimum absolute atomic E-state index is 0.0654. The molecule has 1 heterocycles. The van der Waals surface area contributed by atoms with Crippen LogP contribution in [0.4, 0.5) is 0 Å². The summed E-state index contributed by atoms with van der Waals surface area (Å²) >= 11 is 0. The van der Waals surface area contributed by atoms with E-state index in [2.05, 4.69) is 38.3 Å². The van der Waals surface area contributed by atoms with Crippen LogP contribution in [-0.4, -0.2) is 37.2 Å². The van der Waals surface area contributed by atoms with Gasteiger partial charge >= 0.3 is 0 Å². The number of amides is 1. The molecule has 106 valence electrons. The monoisotopic (exact) mass is 256 g/mol. The molecule has 0 aromatic heterocycles. The molecule has 0 saturated carbocycles. The minimum Gasteiger partial charge on any atom is -0.375 e. The van der Waals surface area contributed by atoms with Crippen molar-refractivity contribution in [1.82, 2.24) is 10.6 Å². The predicted molar refractivity (Wildman–Crippen MR) is 73.5 cm³/mol. The lowest BCUT2D eigenvalue weighted by Gasteiger charge is -2.35. The topological polar surface area (TPSA) is 50.4 Å². The summed E-state index contributed by atoms with van der Waals surface area (Å²) in [5.74, 6) is 0.731. The Kier molecular flexibility index (Phi) is 6.09. The number of hydrogen-bond donors (Lipinski definition) is 2. The maximum atomic E-state index is 11.6. The van der Waals surface area contributed by atoms with Crippen LogP contribution in [0.1, 0.15) is 47.0 Å². The molecular weight excluding hydrogens is 228 g/mol. The van der Waals surface area contributed by atoms with Gasteiger partial charge in [0.15, 0.2) is 0 Å². The number of rotatable bonds is 6. The first kappa shape index (κ1) is 15.4. The summed E-state index contributed by atoms with van der Waals surface area (Å²) in [6.07, 6.45) is 2.99. The molecular formula is C14H28N2O2. The van der Waals surface area contributed by atoms with Gasteiger partial charge in [0.1, 0.15) is 0 Å². The van der Waals surface area contributed by atoms with E-state index < -0.39 is 0 Å². The molecule has 1 fully saturated rings. The molecule has 1 unspecified atom stereocenters. The minimum atomic E-state index is -0.0654. The standard InChI is InChI=1S/C14H28N2O2/c1-11(2)5-7-15-13(17)10-16-12-6-8-18-14(3,4)9-12/h11-12,16H,5-10H2,1-4H3,(H,15,17). The van der Waals surface area contributed by atoms with Crippen LogP contribution in [0.2, 0.25) is 0 Å². The van der Waals surface area contributed by atoms with E-state index in [4.69, 9.17) is 4.74 Å². The van der Waals surface area contributed by atoms with Crippen LogP contribution in [-0.2, 0) is 9.53 Å². The number of ether oxygens (including phenoxy) is 1. The van der Waals surface area contributed by atoms with Gasteiger partial charge < -0.3 is 15.4 Å². The van der Waals surface area contributed by atoms with Crippen LogP contribution in [0.25, 0.3) is 0 Å². The van der Waals surface area contributed by atoms with E-state index in [1.165, 1.54) is 0 Å². The molecule has 0 radical (unpaired) electrons. The third-order valence-corrected chi connectivity index (χ3v) is 3.29. The summed E-state index contributed by atoms with van der Waals surface area (Å²) in [6, 6.07) is 0.393. The Hall–Kier alpha value is -0.610. The second-order valence-electron chi connectivity index (χ2n) is 6.21. The third kappa shape index (κ3) is 6.36. The van der Waals surface area contributed by atoms with Gasteiger partial charge in [-0.2, -0.15) is 0 Å². The Morgan fingerprint density at radius 2 is 2.17 bits per heavy atom. The SMILES string of the molecule is CC(C)CCNC(=O)CNC1CCOC(C)(C)C1. The number of nitrogens with one attached hydrogen (secondary N) is 2. The molecule has 1 aliphatic heterocycles. The average molecular weight is 256 g/mol. The first-order valence-electron chi connectivity index (χ1n) is 7.03. The van der Waals surface area contributed by atoms with Crippen molar-refractivity contribution >= 4 is 5.91 Å². The molecule has 0 spiro atoms. The summed E-state index contributed by atoms with van der Waals surface area (Å²) < 4.78 is 5.65. The van der Waals surface area contributed by atoms with E-state index in [-0.39, 0.29) is 11.5 Å². The molecule has 0 bridgehead atoms. The Balaban J connectivity index is 2.14. The highest BCUT2D eigenvalue weighted by Crippen LogP contribution is 2.23. The highest BCUT2D eigenvalue weighted by molar-refractivity contribution is 5.77. The molecule has 18 heavy (non-hydrogen) atoms. The van der Waals surface area contributed by atoms with Gasteiger partial charge in [-0.3, -0.25) is 4.79 Å². The zero-order valence-electron chi connectivity index (χ0n) is 12.2. The average Bonchev–Trinajstić information content (AvgIpc) is 2.24. The highest BCUT2D eigenvalue weighted by Gasteiger charge is 2.28. The second kappa shape index (κ2) is 7.10. The highest BCUT2D eigenvalue weighted by atomic mass is 16.5. The van der Waals surface area contributed by atoms with Gasteiger partial charge in [0.2, 0.25) is 5.91 Å². The van der Waals surface area contributed by atoms with Gasteiger partial charge in [-0.25, -0.2) is 0 Å². The predicted octanol–water partition coefficient (Wildman–Crippen LogP) is 1.70. The maximum absolute atomic E-state index is 11.6. The fourth-order valence-electron chi connectivity index (χ4n) is 2.21. The Morgan fingerprint density at radius 3 is 2.78 bits per heavy atom. The summed E-state index contributed by atoms with van der Waals surface area (Å²) in [5.41, 5.74) is -0.0654. The summed E-state index contributed by atoms with van der Waals surface area (Å²) in [4.78, 5) is 11.6. The first-order valence-corrected chi connectivity index (χ1v) is 7.03. The van der Waals surface area contributed by atoms with Crippen molar-refractivity contribution in [3.63, 3.8) is 0 Å². The van der Waals surface area contributed by atoms with Crippen LogP contribution >= 0.6 is 0 Å². The van der Waals surface area contributed by atoms with Gasteiger partial charge in [0.05, 0.1) is 12.1 Å². The summed E-state index contributed by atoms with van der Waals surface area (Å²) in [5, 5.41) is 6.26. The number of carbonyl (C=O) groups excluding carboxylic acids is 1. The van der Waals surface area contributed by atoms with Crippen molar-refractivity contribution in [3.05, 3.63) is 0 Å². The molecule has 1 atom stereocenters. The fraction of sp³-hybridized carbons (Fsp3) is 0.929. The van der Waals surface area contributed by atoms with Crippen LogP contribution in [0.15, 0.2) is 0 Å². The third-order valence-electron chi connectivity index (χ3n) is 3.29. The molecule has 4 nitrogen and oxygen atoms in total. The lowest BCUT2D eigenvalue weighted by Crippen LogP contribution is -2.46. The van der Waals surface area contributed by atoms with Gasteiger partial charge in [-0.05, 0) is 39.0 Å². The quantitative estimate of drug-likeness (QED) is 0.760. The van der Waals surface area contributed by atoms with Crippen molar-refractivity contribution < 1.29 is 9.53 Å². The first-order chi connectivity index (χ1) is 8.39. The Bertz CT molecular complexity index is 265. The van der Waals surface area contributed by atoms with Crippen molar-refractivity contribution in [1.29, 1.82) is 0 Å². The normalized spacial score (nSPS) is 23.1. The zero-order chi connectivity index (χ0) is 13.6. The molecule has 2 N–H and O–H groups in total. The van der Waals surface area contributed by atoms with E-state index >= 15 is 0 Å². The number of hydrogen-bond acceptors (Lipinski definition) is 3. The van der Waals surface area contributed by atoms with Gasteiger partial charge in [-0.1, -0.05) is 13.8 Å². The molecule has 1 aliphatic rings. The van der Waals surface area contributed by atoms with E-state index in [1.807, 2.05) is 0 Å². The Morgan fingerprint density at radius 1 is 1.44 bits per heavy atom. The summed E-state index contributed by atoms with van der Waals surface area (Å²) in [6.45, 7) is 10.5. The van der Waals surface area contributed by atoms with E-state index in [1.54, 1.807) is 0 Å². The zero-order valence-corrected chi connectivity index (χ0v) is 12.2. The van der Waals surface area contributed by atoms with E-state index in [9.17, 15) is 4.79 Å². The van der Waals surface area contributed by atoms with Gasteiger partial charge in [0, 0.05) is 19.2 Å². The lowest BCUT2D eigenvalue weighted by molar-refractivity contribution is -0.121. The smallest absolute Gasteiger partial charge is 0.233 e. The van der Waals surface area contributed by atoms with Crippen molar-refractivity contribution in [2.24, 2.45) is 5.92 Å². The molecule has 1 saturated heterocycles. The molecule has 0 aromatic carbocycles. The van der Waals surface area contributed by atoms with Crippen LogP contribution < -0.4 is 10.6 Å². The molecule has 4 heteroatoms. The maximum Gasteiger partial charge on any atom is 0.233 e. The van der Waals surface area contributed by atoms with Crippen molar-refractivity contribution in [3.8, 4) is 0 Å².